The Morgan fingerprint density at radius 1 is 0.730 bits per heavy atom. The summed E-state index contributed by atoms with van der Waals surface area (Å²) in [6, 6.07) is 0. The van der Waals surface area contributed by atoms with Crippen molar-refractivity contribution in [2.75, 3.05) is 6.61 Å². The monoisotopic (exact) mass is 578 g/mol. The topological polar surface area (TPSA) is 26.3 Å². The summed E-state index contributed by atoms with van der Waals surface area (Å²) in [5.41, 5.74) is -1.55. The van der Waals surface area contributed by atoms with Crippen LogP contribution in [0.2, 0.25) is 0 Å². The maximum absolute atomic E-state index is 14.0. The molecule has 2 bridgehead atoms. The van der Waals surface area contributed by atoms with Gasteiger partial charge < -0.3 is 4.74 Å². The highest BCUT2D eigenvalue weighted by atomic mass is 19.4. The standard InChI is InChI=1S/C20H21F15O2/c1-8-9(2)11-4-10(8)5-13(11,3)12(36)37-7-15(23,24)18(30,31)20(34,35)19(32,33)17(28,29)14(21,22)6-16(25,26)27/h8-11H,4-7H2,1-3H3. The van der Waals surface area contributed by atoms with Gasteiger partial charge in [-0.15, -0.1) is 0 Å². The first-order chi connectivity index (χ1) is 16.1. The molecule has 5 unspecified atom stereocenters. The maximum atomic E-state index is 14.0. The molecule has 0 amide bonds. The zero-order chi connectivity index (χ0) is 29.4. The average Bonchev–Trinajstić information content (AvgIpc) is 3.19. The highest BCUT2D eigenvalue weighted by Crippen LogP contribution is 2.63. The van der Waals surface area contributed by atoms with Crippen LogP contribution in [0.4, 0.5) is 65.9 Å². The minimum Gasteiger partial charge on any atom is -0.459 e. The molecule has 17 heteroatoms. The first-order valence-corrected chi connectivity index (χ1v) is 10.6. The van der Waals surface area contributed by atoms with Gasteiger partial charge in [-0.05, 0) is 43.4 Å². The Bertz CT molecular complexity index is 879. The van der Waals surface area contributed by atoms with E-state index >= 15 is 0 Å². The molecule has 5 atom stereocenters. The molecule has 2 nitrogen and oxygen atoms in total. The highest BCUT2D eigenvalue weighted by Gasteiger charge is 2.90. The fourth-order valence-electron chi connectivity index (χ4n) is 5.22. The SMILES string of the molecule is CC1C2CC(C1C)C(C)(C(=O)OCC(F)(F)C(F)(F)C(F)(F)C(F)(F)C(F)(F)C(F)(F)CC(F)(F)F)C2. The largest absolute Gasteiger partial charge is 0.459 e. The summed E-state index contributed by atoms with van der Waals surface area (Å²) in [4.78, 5) is 12.4. The molecule has 0 aromatic heterocycles. The number of carbonyl (C=O) groups is 1. The molecule has 0 radical (unpaired) electrons. The second-order valence-corrected chi connectivity index (χ2v) is 10.0. The summed E-state index contributed by atoms with van der Waals surface area (Å²) < 4.78 is 205. The van der Waals surface area contributed by atoms with Crippen molar-refractivity contribution in [3.8, 4) is 0 Å². The number of hydrogen-bond donors (Lipinski definition) is 0. The summed E-state index contributed by atoms with van der Waals surface area (Å²) in [5.74, 6) is -47.6. The van der Waals surface area contributed by atoms with Gasteiger partial charge in [0.15, 0.2) is 6.61 Å². The summed E-state index contributed by atoms with van der Waals surface area (Å²) in [6.45, 7) is 1.70. The third-order valence-corrected chi connectivity index (χ3v) is 7.64. The van der Waals surface area contributed by atoms with Crippen molar-refractivity contribution >= 4 is 5.97 Å². The zero-order valence-corrected chi connectivity index (χ0v) is 19.1. The molecule has 0 aliphatic heterocycles. The molecule has 2 fully saturated rings. The fraction of sp³-hybridized carbons (Fsp3) is 0.950. The molecule has 0 heterocycles. The Labute approximate surface area is 199 Å². The number of alkyl halides is 15. The van der Waals surface area contributed by atoms with E-state index in [1.807, 2.05) is 6.92 Å². The van der Waals surface area contributed by atoms with E-state index in [2.05, 4.69) is 4.74 Å². The summed E-state index contributed by atoms with van der Waals surface area (Å²) in [6.07, 6.45) is -10.1. The van der Waals surface area contributed by atoms with Gasteiger partial charge in [0.1, 0.15) is 6.42 Å². The lowest BCUT2D eigenvalue weighted by Gasteiger charge is -2.41. The van der Waals surface area contributed by atoms with E-state index in [1.165, 1.54) is 6.92 Å². The number of ether oxygens (including phenoxy) is 1. The minimum absolute atomic E-state index is 0.0265. The molecule has 2 rings (SSSR count). The lowest BCUT2D eigenvalue weighted by Crippen LogP contribution is -2.71. The van der Waals surface area contributed by atoms with Crippen LogP contribution in [0, 0.1) is 29.1 Å². The minimum atomic E-state index is -8.13. The average molecular weight is 578 g/mol. The summed E-state index contributed by atoms with van der Waals surface area (Å²) in [7, 11) is 0. The van der Waals surface area contributed by atoms with Gasteiger partial charge in [-0.2, -0.15) is 65.9 Å². The predicted octanol–water partition coefficient (Wildman–Crippen LogP) is 7.61. The first-order valence-electron chi connectivity index (χ1n) is 10.6. The molecule has 0 spiro atoms. The van der Waals surface area contributed by atoms with E-state index < -0.39 is 72.0 Å². The van der Waals surface area contributed by atoms with E-state index in [1.54, 1.807) is 6.92 Å². The summed E-state index contributed by atoms with van der Waals surface area (Å²) >= 11 is 0. The second kappa shape index (κ2) is 8.71. The molecule has 2 aliphatic rings. The van der Waals surface area contributed by atoms with Gasteiger partial charge in [0, 0.05) is 0 Å². The molecule has 2 saturated carbocycles. The van der Waals surface area contributed by atoms with Crippen LogP contribution in [0.25, 0.3) is 0 Å². The van der Waals surface area contributed by atoms with E-state index in [4.69, 9.17) is 0 Å². The smallest absolute Gasteiger partial charge is 0.395 e. The van der Waals surface area contributed by atoms with E-state index in [0.717, 1.165) is 0 Å². The van der Waals surface area contributed by atoms with Crippen molar-refractivity contribution in [3.63, 3.8) is 0 Å². The van der Waals surface area contributed by atoms with Gasteiger partial charge in [0.05, 0.1) is 5.41 Å². The van der Waals surface area contributed by atoms with Crippen molar-refractivity contribution in [2.24, 2.45) is 29.1 Å². The molecule has 0 aromatic carbocycles. The van der Waals surface area contributed by atoms with Crippen LogP contribution in [0.15, 0.2) is 0 Å². The molecular weight excluding hydrogens is 557 g/mol. The maximum Gasteiger partial charge on any atom is 0.395 e. The van der Waals surface area contributed by atoms with Crippen LogP contribution >= 0.6 is 0 Å². The number of rotatable bonds is 9. The van der Waals surface area contributed by atoms with Gasteiger partial charge in [0.25, 0.3) is 0 Å². The van der Waals surface area contributed by atoms with Gasteiger partial charge in [-0.25, -0.2) is 0 Å². The predicted molar refractivity (Wildman–Crippen MR) is 94.0 cm³/mol. The third kappa shape index (κ3) is 4.63. The molecule has 218 valence electrons. The normalized spacial score (nSPS) is 30.1. The Morgan fingerprint density at radius 3 is 1.54 bits per heavy atom. The van der Waals surface area contributed by atoms with E-state index in [9.17, 15) is 70.7 Å². The van der Waals surface area contributed by atoms with Gasteiger partial charge >= 0.3 is 47.7 Å². The van der Waals surface area contributed by atoms with Crippen LogP contribution < -0.4 is 0 Å². The molecule has 0 saturated heterocycles. The van der Waals surface area contributed by atoms with Crippen molar-refractivity contribution < 1.29 is 75.4 Å². The van der Waals surface area contributed by atoms with Crippen molar-refractivity contribution in [2.45, 2.75) is 81.7 Å². The highest BCUT2D eigenvalue weighted by molar-refractivity contribution is 5.77. The van der Waals surface area contributed by atoms with Gasteiger partial charge in [0.2, 0.25) is 0 Å². The van der Waals surface area contributed by atoms with E-state index in [-0.39, 0.29) is 24.2 Å². The second-order valence-electron chi connectivity index (χ2n) is 10.0. The van der Waals surface area contributed by atoms with Crippen LogP contribution in [0.5, 0.6) is 0 Å². The molecular formula is C20H21F15O2. The fourth-order valence-corrected chi connectivity index (χ4v) is 5.22. The molecule has 37 heavy (non-hydrogen) atoms. The third-order valence-electron chi connectivity index (χ3n) is 7.64. The molecule has 2 aliphatic carbocycles. The first kappa shape index (κ1) is 31.6. The number of carbonyl (C=O) groups excluding carboxylic acids is 1. The van der Waals surface area contributed by atoms with Crippen LogP contribution in [-0.4, -0.2) is 54.3 Å². The Balaban J connectivity index is 2.29. The van der Waals surface area contributed by atoms with Crippen LogP contribution in [0.3, 0.4) is 0 Å². The zero-order valence-electron chi connectivity index (χ0n) is 19.1. The van der Waals surface area contributed by atoms with Crippen LogP contribution in [0.1, 0.15) is 40.0 Å². The van der Waals surface area contributed by atoms with E-state index in [0.29, 0.717) is 6.42 Å². The lowest BCUT2D eigenvalue weighted by molar-refractivity contribution is -0.430. The number of halogens is 15. The van der Waals surface area contributed by atoms with Gasteiger partial charge in [-0.1, -0.05) is 13.8 Å². The number of hydrogen-bond acceptors (Lipinski definition) is 2. The number of fused-ring (bicyclic) bond motifs is 2. The Morgan fingerprint density at radius 2 is 1.16 bits per heavy atom. The van der Waals surface area contributed by atoms with Crippen molar-refractivity contribution in [1.29, 1.82) is 0 Å². The van der Waals surface area contributed by atoms with Crippen LogP contribution in [-0.2, 0) is 9.53 Å². The lowest BCUT2D eigenvalue weighted by atomic mass is 9.67. The Kier molecular flexibility index (Phi) is 7.45. The Hall–Kier alpha value is -1.58. The van der Waals surface area contributed by atoms with Crippen molar-refractivity contribution in [1.82, 2.24) is 0 Å². The summed E-state index contributed by atoms with van der Waals surface area (Å²) in [5, 5.41) is 0. The van der Waals surface area contributed by atoms with Gasteiger partial charge in [-0.3, -0.25) is 4.79 Å². The quantitative estimate of drug-likeness (QED) is 0.208. The van der Waals surface area contributed by atoms with Crippen molar-refractivity contribution in [3.05, 3.63) is 0 Å². The number of esters is 1. The molecule has 0 aromatic rings. The molecule has 0 N–H and O–H groups in total.